The summed E-state index contributed by atoms with van der Waals surface area (Å²) < 4.78 is 23.7. The molecule has 0 spiro atoms. The summed E-state index contributed by atoms with van der Waals surface area (Å²) in [6, 6.07) is 5.42. The average molecular weight is 282 g/mol. The molecule has 1 rings (SSSR count). The Balaban J connectivity index is 3.01. The van der Waals surface area contributed by atoms with Gasteiger partial charge in [0.15, 0.2) is 15.6 Å². The molecule has 0 unspecified atom stereocenters. The van der Waals surface area contributed by atoms with Crippen LogP contribution in [0, 0.1) is 0 Å². The first-order chi connectivity index (χ1) is 8.75. The molecule has 1 aromatic rings. The van der Waals surface area contributed by atoms with Crippen molar-refractivity contribution >= 4 is 21.6 Å². The van der Waals surface area contributed by atoms with Crippen molar-refractivity contribution in [3.8, 4) is 0 Å². The fraction of sp³-hybridized carbons (Fsp3) is 0.231. The summed E-state index contributed by atoms with van der Waals surface area (Å²) in [7, 11) is -3.37. The van der Waals surface area contributed by atoms with Crippen LogP contribution in [0.2, 0.25) is 0 Å². The van der Waals surface area contributed by atoms with Gasteiger partial charge < -0.3 is 5.11 Å². The van der Waals surface area contributed by atoms with Gasteiger partial charge in [0.25, 0.3) is 0 Å². The molecule has 0 bridgehead atoms. The molecule has 19 heavy (non-hydrogen) atoms. The maximum Gasteiger partial charge on any atom is 0.328 e. The van der Waals surface area contributed by atoms with Gasteiger partial charge in [0, 0.05) is 11.6 Å². The van der Waals surface area contributed by atoms with Crippen molar-refractivity contribution in [3.05, 3.63) is 42.0 Å². The number of sulfone groups is 1. The monoisotopic (exact) mass is 282 g/mol. The van der Waals surface area contributed by atoms with Crippen LogP contribution in [-0.4, -0.2) is 30.5 Å². The van der Waals surface area contributed by atoms with Crippen molar-refractivity contribution in [2.24, 2.45) is 0 Å². The highest BCUT2D eigenvalue weighted by atomic mass is 32.2. The van der Waals surface area contributed by atoms with Crippen LogP contribution in [0.4, 0.5) is 0 Å². The van der Waals surface area contributed by atoms with Crippen LogP contribution < -0.4 is 0 Å². The molecule has 0 aliphatic rings. The maximum absolute atomic E-state index is 11.9. The van der Waals surface area contributed by atoms with Gasteiger partial charge in [0.2, 0.25) is 0 Å². The molecular weight excluding hydrogens is 268 g/mol. The SMILES string of the molecule is CC(C)S(=O)(=O)c1ccc(C(=O)/C=C/C(=O)O)cc1. The molecule has 6 heteroatoms. The zero-order valence-electron chi connectivity index (χ0n) is 10.5. The molecule has 0 atom stereocenters. The van der Waals surface area contributed by atoms with Gasteiger partial charge in [-0.15, -0.1) is 0 Å². The topological polar surface area (TPSA) is 88.5 Å². The highest BCUT2D eigenvalue weighted by Gasteiger charge is 2.19. The Morgan fingerprint density at radius 3 is 2.05 bits per heavy atom. The van der Waals surface area contributed by atoms with E-state index < -0.39 is 26.8 Å². The number of carbonyl (C=O) groups excluding carboxylic acids is 1. The van der Waals surface area contributed by atoms with E-state index in [4.69, 9.17) is 5.11 Å². The van der Waals surface area contributed by atoms with Crippen molar-refractivity contribution in [2.45, 2.75) is 24.0 Å². The Hall–Kier alpha value is -1.95. The average Bonchev–Trinajstić information content (AvgIpc) is 2.35. The summed E-state index contributed by atoms with van der Waals surface area (Å²) in [5, 5.41) is 7.86. The van der Waals surface area contributed by atoms with E-state index >= 15 is 0 Å². The third-order valence-electron chi connectivity index (χ3n) is 2.47. The van der Waals surface area contributed by atoms with Crippen molar-refractivity contribution in [1.29, 1.82) is 0 Å². The third kappa shape index (κ3) is 3.75. The summed E-state index contributed by atoms with van der Waals surface area (Å²) in [6.45, 7) is 3.15. The molecule has 0 fully saturated rings. The van der Waals surface area contributed by atoms with Gasteiger partial charge in [-0.25, -0.2) is 13.2 Å². The molecule has 1 N–H and O–H groups in total. The van der Waals surface area contributed by atoms with Crippen molar-refractivity contribution < 1.29 is 23.1 Å². The number of ketones is 1. The van der Waals surface area contributed by atoms with Crippen LogP contribution in [-0.2, 0) is 14.6 Å². The van der Waals surface area contributed by atoms with E-state index in [9.17, 15) is 18.0 Å². The van der Waals surface area contributed by atoms with Crippen molar-refractivity contribution in [3.63, 3.8) is 0 Å². The lowest BCUT2D eigenvalue weighted by Gasteiger charge is -2.07. The lowest BCUT2D eigenvalue weighted by atomic mass is 10.1. The summed E-state index contributed by atoms with van der Waals surface area (Å²) >= 11 is 0. The number of carboxylic acid groups (broad SMARTS) is 1. The fourth-order valence-corrected chi connectivity index (χ4v) is 2.38. The van der Waals surface area contributed by atoms with Gasteiger partial charge >= 0.3 is 5.97 Å². The standard InChI is InChI=1S/C13H14O5S/c1-9(2)19(17,18)11-5-3-10(4-6-11)12(14)7-8-13(15)16/h3-9H,1-2H3,(H,15,16)/b8-7+. The Morgan fingerprint density at radius 1 is 1.11 bits per heavy atom. The molecule has 0 saturated heterocycles. The Morgan fingerprint density at radius 2 is 1.63 bits per heavy atom. The first-order valence-corrected chi connectivity index (χ1v) is 7.09. The van der Waals surface area contributed by atoms with E-state index in [1.54, 1.807) is 13.8 Å². The number of hydrogen-bond donors (Lipinski definition) is 1. The van der Waals surface area contributed by atoms with Crippen molar-refractivity contribution in [1.82, 2.24) is 0 Å². The Kier molecular flexibility index (Phi) is 4.61. The lowest BCUT2D eigenvalue weighted by molar-refractivity contribution is -0.131. The molecule has 0 aliphatic carbocycles. The third-order valence-corrected chi connectivity index (χ3v) is 4.64. The smallest absolute Gasteiger partial charge is 0.328 e. The molecular formula is C13H14O5S. The predicted molar refractivity (Wildman–Crippen MR) is 69.9 cm³/mol. The minimum absolute atomic E-state index is 0.140. The number of benzene rings is 1. The molecule has 0 saturated carbocycles. The first kappa shape index (κ1) is 15.1. The number of hydrogen-bond acceptors (Lipinski definition) is 4. The second-order valence-electron chi connectivity index (χ2n) is 4.15. The van der Waals surface area contributed by atoms with Gasteiger partial charge in [0.1, 0.15) is 0 Å². The number of aliphatic carboxylic acids is 1. The second-order valence-corrected chi connectivity index (χ2v) is 6.66. The van der Waals surface area contributed by atoms with Crippen LogP contribution >= 0.6 is 0 Å². The van der Waals surface area contributed by atoms with Crippen molar-refractivity contribution in [2.75, 3.05) is 0 Å². The summed E-state index contributed by atoms with van der Waals surface area (Å²) in [6.07, 6.45) is 1.66. The number of carboxylic acids is 1. The van der Waals surface area contributed by atoms with Crippen LogP contribution in [0.1, 0.15) is 24.2 Å². The largest absolute Gasteiger partial charge is 0.478 e. The highest BCUT2D eigenvalue weighted by Crippen LogP contribution is 2.16. The van der Waals surface area contributed by atoms with Crippen LogP contribution in [0.15, 0.2) is 41.3 Å². The van der Waals surface area contributed by atoms with Gasteiger partial charge in [-0.2, -0.15) is 0 Å². The number of carbonyl (C=O) groups is 2. The van der Waals surface area contributed by atoms with Gasteiger partial charge in [0.05, 0.1) is 10.1 Å². The molecule has 1 aromatic carbocycles. The van der Waals surface area contributed by atoms with Gasteiger partial charge in [-0.05, 0) is 44.2 Å². The second kappa shape index (κ2) is 5.79. The minimum atomic E-state index is -3.37. The summed E-state index contributed by atoms with van der Waals surface area (Å²) in [4.78, 5) is 22.0. The van der Waals surface area contributed by atoms with E-state index in [1.165, 1.54) is 24.3 Å². The summed E-state index contributed by atoms with van der Waals surface area (Å²) in [5.41, 5.74) is 0.236. The van der Waals surface area contributed by atoms with E-state index in [-0.39, 0.29) is 10.5 Å². The zero-order chi connectivity index (χ0) is 14.6. The summed E-state index contributed by atoms with van der Waals surface area (Å²) in [5.74, 6) is -1.71. The Bertz CT molecular complexity index is 609. The lowest BCUT2D eigenvalue weighted by Crippen LogP contribution is -2.14. The predicted octanol–water partition coefficient (Wildman–Crippen LogP) is 1.69. The van der Waals surface area contributed by atoms with E-state index in [0.717, 1.165) is 12.2 Å². The molecule has 5 nitrogen and oxygen atoms in total. The first-order valence-electron chi connectivity index (χ1n) is 5.54. The molecule has 0 heterocycles. The number of allylic oxidation sites excluding steroid dienone is 1. The van der Waals surface area contributed by atoms with Crippen LogP contribution in [0.5, 0.6) is 0 Å². The normalized spacial score (nSPS) is 11.9. The molecule has 0 aromatic heterocycles. The van der Waals surface area contributed by atoms with Gasteiger partial charge in [-0.3, -0.25) is 4.79 Å². The zero-order valence-corrected chi connectivity index (χ0v) is 11.3. The highest BCUT2D eigenvalue weighted by molar-refractivity contribution is 7.92. The van der Waals surface area contributed by atoms with E-state index in [1.807, 2.05) is 0 Å². The Labute approximate surface area is 111 Å². The molecule has 0 radical (unpaired) electrons. The minimum Gasteiger partial charge on any atom is -0.478 e. The van der Waals surface area contributed by atoms with Crippen LogP contribution in [0.25, 0.3) is 0 Å². The van der Waals surface area contributed by atoms with E-state index in [2.05, 4.69) is 0 Å². The molecule has 102 valence electrons. The van der Waals surface area contributed by atoms with Gasteiger partial charge in [-0.1, -0.05) is 0 Å². The quantitative estimate of drug-likeness (QED) is 0.655. The van der Waals surface area contributed by atoms with E-state index in [0.29, 0.717) is 0 Å². The van der Waals surface area contributed by atoms with Crippen LogP contribution in [0.3, 0.4) is 0 Å². The molecule has 0 aliphatic heterocycles. The molecule has 0 amide bonds. The fourth-order valence-electron chi connectivity index (χ4n) is 1.32. The number of rotatable bonds is 5. The maximum atomic E-state index is 11.9.